The van der Waals surface area contributed by atoms with Crippen molar-refractivity contribution in [2.45, 2.75) is 46.1 Å². The third kappa shape index (κ3) is 2.26. The fraction of sp³-hybridized carbons (Fsp3) is 0.667. The predicted molar refractivity (Wildman–Crippen MR) is 66.2 cm³/mol. The normalized spacial score (nSPS) is 23.3. The Morgan fingerprint density at radius 1 is 1.44 bits per heavy atom. The first-order valence-electron chi connectivity index (χ1n) is 5.81. The first-order valence-corrected chi connectivity index (χ1v) is 5.81. The number of hydrogen-bond donors (Lipinski definition) is 2. The van der Waals surface area contributed by atoms with Crippen LogP contribution in [-0.4, -0.2) is 16.0 Å². The van der Waals surface area contributed by atoms with Crippen LogP contribution in [0.5, 0.6) is 0 Å². The zero-order valence-corrected chi connectivity index (χ0v) is 10.2. The molecular weight excluding hydrogens is 200 g/mol. The molecule has 1 heterocycles. The third-order valence-electron chi connectivity index (χ3n) is 3.43. The van der Waals surface area contributed by atoms with E-state index in [9.17, 15) is 0 Å². The molecule has 0 aliphatic heterocycles. The van der Waals surface area contributed by atoms with Gasteiger partial charge in [-0.1, -0.05) is 13.8 Å². The molecule has 3 N–H and O–H groups in total. The van der Waals surface area contributed by atoms with Gasteiger partial charge in [0.15, 0.2) is 0 Å². The summed E-state index contributed by atoms with van der Waals surface area (Å²) in [5.41, 5.74) is 7.16. The van der Waals surface area contributed by atoms with Gasteiger partial charge in [-0.2, -0.15) is 0 Å². The summed E-state index contributed by atoms with van der Waals surface area (Å²) in [7, 11) is 0. The van der Waals surface area contributed by atoms with Gasteiger partial charge < -0.3 is 11.1 Å². The summed E-state index contributed by atoms with van der Waals surface area (Å²) < 4.78 is 0. The molecule has 88 valence electrons. The Labute approximate surface area is 96.7 Å². The minimum atomic E-state index is 0.449. The molecule has 1 aliphatic rings. The first-order chi connectivity index (χ1) is 7.48. The SMILES string of the molecule is Cc1c(N)ncnc1NC1CCC(C)(C)C1. The first kappa shape index (κ1) is 11.2. The zero-order chi connectivity index (χ0) is 11.8. The van der Waals surface area contributed by atoms with E-state index in [0.717, 1.165) is 11.4 Å². The molecule has 1 saturated carbocycles. The molecule has 0 radical (unpaired) electrons. The van der Waals surface area contributed by atoms with E-state index in [0.29, 0.717) is 17.3 Å². The van der Waals surface area contributed by atoms with Gasteiger partial charge in [-0.3, -0.25) is 0 Å². The quantitative estimate of drug-likeness (QED) is 0.803. The lowest BCUT2D eigenvalue weighted by Crippen LogP contribution is -2.19. The van der Waals surface area contributed by atoms with Crippen LogP contribution in [-0.2, 0) is 0 Å². The van der Waals surface area contributed by atoms with Crippen LogP contribution in [0, 0.1) is 12.3 Å². The molecule has 4 nitrogen and oxygen atoms in total. The van der Waals surface area contributed by atoms with E-state index in [4.69, 9.17) is 5.73 Å². The van der Waals surface area contributed by atoms with Crippen molar-refractivity contribution in [1.29, 1.82) is 0 Å². The minimum absolute atomic E-state index is 0.449. The van der Waals surface area contributed by atoms with Crippen molar-refractivity contribution in [3.8, 4) is 0 Å². The highest BCUT2D eigenvalue weighted by Crippen LogP contribution is 2.38. The maximum atomic E-state index is 5.76. The van der Waals surface area contributed by atoms with E-state index in [1.54, 1.807) is 0 Å². The van der Waals surface area contributed by atoms with Crippen LogP contribution in [0.25, 0.3) is 0 Å². The molecular formula is C12H20N4. The summed E-state index contributed by atoms with van der Waals surface area (Å²) >= 11 is 0. The lowest BCUT2D eigenvalue weighted by atomic mass is 9.92. The fourth-order valence-corrected chi connectivity index (χ4v) is 2.36. The lowest BCUT2D eigenvalue weighted by Gasteiger charge is -2.19. The van der Waals surface area contributed by atoms with E-state index in [1.165, 1.54) is 25.6 Å². The summed E-state index contributed by atoms with van der Waals surface area (Å²) in [5.74, 6) is 1.45. The number of nitrogens with one attached hydrogen (secondary N) is 1. The Kier molecular flexibility index (Phi) is 2.74. The lowest BCUT2D eigenvalue weighted by molar-refractivity contribution is 0.378. The minimum Gasteiger partial charge on any atom is -0.383 e. The second-order valence-electron chi connectivity index (χ2n) is 5.48. The summed E-state index contributed by atoms with van der Waals surface area (Å²) in [6.45, 7) is 6.59. The molecule has 1 aliphatic carbocycles. The summed E-state index contributed by atoms with van der Waals surface area (Å²) in [6, 6.07) is 0.517. The highest BCUT2D eigenvalue weighted by Gasteiger charge is 2.31. The van der Waals surface area contributed by atoms with E-state index >= 15 is 0 Å². The molecule has 0 bridgehead atoms. The number of rotatable bonds is 2. The van der Waals surface area contributed by atoms with Crippen LogP contribution in [0.4, 0.5) is 11.6 Å². The van der Waals surface area contributed by atoms with E-state index in [1.807, 2.05) is 6.92 Å². The van der Waals surface area contributed by atoms with Gasteiger partial charge in [0.05, 0.1) is 0 Å². The summed E-state index contributed by atoms with van der Waals surface area (Å²) in [5, 5.41) is 3.47. The van der Waals surface area contributed by atoms with Crippen molar-refractivity contribution in [2.75, 3.05) is 11.1 Å². The molecule has 1 aromatic rings. The molecule has 1 unspecified atom stereocenters. The predicted octanol–water partition coefficient (Wildman–Crippen LogP) is 2.36. The summed E-state index contributed by atoms with van der Waals surface area (Å²) in [4.78, 5) is 8.22. The second kappa shape index (κ2) is 3.92. The number of nitrogens with zero attached hydrogens (tertiary/aromatic N) is 2. The Hall–Kier alpha value is -1.32. The van der Waals surface area contributed by atoms with Crippen LogP contribution in [0.3, 0.4) is 0 Å². The van der Waals surface area contributed by atoms with Crippen LogP contribution < -0.4 is 11.1 Å². The second-order valence-corrected chi connectivity index (χ2v) is 5.48. The number of nitrogen functional groups attached to an aromatic ring is 1. The topological polar surface area (TPSA) is 63.8 Å². The third-order valence-corrected chi connectivity index (χ3v) is 3.43. The van der Waals surface area contributed by atoms with Crippen molar-refractivity contribution in [3.63, 3.8) is 0 Å². The smallest absolute Gasteiger partial charge is 0.134 e. The van der Waals surface area contributed by atoms with Gasteiger partial charge in [-0.15, -0.1) is 0 Å². The van der Waals surface area contributed by atoms with Crippen molar-refractivity contribution in [1.82, 2.24) is 9.97 Å². The molecule has 4 heteroatoms. The van der Waals surface area contributed by atoms with Gasteiger partial charge in [-0.25, -0.2) is 9.97 Å². The maximum absolute atomic E-state index is 5.76. The van der Waals surface area contributed by atoms with Crippen LogP contribution in [0.15, 0.2) is 6.33 Å². The average Bonchev–Trinajstić information content (AvgIpc) is 2.53. The standard InChI is InChI=1S/C12H20N4/c1-8-10(13)14-7-15-11(8)16-9-4-5-12(2,3)6-9/h7,9H,4-6H2,1-3H3,(H3,13,14,15,16). The zero-order valence-electron chi connectivity index (χ0n) is 10.2. The van der Waals surface area contributed by atoms with Crippen LogP contribution in [0.1, 0.15) is 38.7 Å². The average molecular weight is 220 g/mol. The number of nitrogens with two attached hydrogens (primary N) is 1. The van der Waals surface area contributed by atoms with E-state index < -0.39 is 0 Å². The largest absolute Gasteiger partial charge is 0.383 e. The van der Waals surface area contributed by atoms with Gasteiger partial charge in [0.1, 0.15) is 18.0 Å². The highest BCUT2D eigenvalue weighted by molar-refractivity contribution is 5.54. The fourth-order valence-electron chi connectivity index (χ4n) is 2.36. The Morgan fingerprint density at radius 2 is 2.19 bits per heavy atom. The molecule has 0 amide bonds. The Morgan fingerprint density at radius 3 is 2.81 bits per heavy atom. The van der Waals surface area contributed by atoms with Crippen molar-refractivity contribution < 1.29 is 0 Å². The van der Waals surface area contributed by atoms with Crippen molar-refractivity contribution in [2.24, 2.45) is 5.41 Å². The number of anilines is 2. The maximum Gasteiger partial charge on any atom is 0.134 e. The number of aromatic nitrogens is 2. The van der Waals surface area contributed by atoms with Gasteiger partial charge >= 0.3 is 0 Å². The Bertz CT molecular complexity index is 387. The molecule has 16 heavy (non-hydrogen) atoms. The number of hydrogen-bond acceptors (Lipinski definition) is 4. The van der Waals surface area contributed by atoms with E-state index in [2.05, 4.69) is 29.1 Å². The van der Waals surface area contributed by atoms with Crippen LogP contribution >= 0.6 is 0 Å². The molecule has 1 aromatic heterocycles. The monoisotopic (exact) mass is 220 g/mol. The molecule has 2 rings (SSSR count). The molecule has 0 spiro atoms. The van der Waals surface area contributed by atoms with Gasteiger partial charge in [0, 0.05) is 11.6 Å². The van der Waals surface area contributed by atoms with E-state index in [-0.39, 0.29) is 0 Å². The van der Waals surface area contributed by atoms with Gasteiger partial charge in [0.25, 0.3) is 0 Å². The van der Waals surface area contributed by atoms with Crippen LogP contribution in [0.2, 0.25) is 0 Å². The summed E-state index contributed by atoms with van der Waals surface area (Å²) in [6.07, 6.45) is 5.18. The van der Waals surface area contributed by atoms with Gasteiger partial charge in [-0.05, 0) is 31.6 Å². The van der Waals surface area contributed by atoms with Crippen molar-refractivity contribution in [3.05, 3.63) is 11.9 Å². The highest BCUT2D eigenvalue weighted by atomic mass is 15.1. The molecule has 0 saturated heterocycles. The van der Waals surface area contributed by atoms with Crippen molar-refractivity contribution >= 4 is 11.6 Å². The molecule has 1 atom stereocenters. The molecule has 1 fully saturated rings. The van der Waals surface area contributed by atoms with Gasteiger partial charge in [0.2, 0.25) is 0 Å². The Balaban J connectivity index is 2.08. The molecule has 0 aromatic carbocycles.